The lowest BCUT2D eigenvalue weighted by molar-refractivity contribution is 0.0540. The summed E-state index contributed by atoms with van der Waals surface area (Å²) < 4.78 is 11.3. The third-order valence-corrected chi connectivity index (χ3v) is 5.07. The Kier molecular flexibility index (Phi) is 5.65. The summed E-state index contributed by atoms with van der Waals surface area (Å²) in [5, 5.41) is 0. The molecular weight excluding hydrogens is 300 g/mol. The molecule has 130 valence electrons. The quantitative estimate of drug-likeness (QED) is 0.750. The highest BCUT2D eigenvalue weighted by atomic mass is 16.5. The fourth-order valence-corrected chi connectivity index (χ4v) is 3.86. The number of fused-ring (bicyclic) bond motifs is 1. The molecule has 1 aromatic rings. The van der Waals surface area contributed by atoms with Crippen LogP contribution in [0.25, 0.3) is 0 Å². The standard InChI is InChI=1S/C20H28N2O2/c1-4-11-24-19-9-8-17(12-20(19)23-5-2)14-22-15-18-7-6-10-21(18)13-16(22)3/h1,8-9,12,16,18H,5-7,10-11,13-15H2,2-3H3/t16-,18-/m1/s1. The van der Waals surface area contributed by atoms with Crippen LogP contribution in [-0.4, -0.2) is 54.7 Å². The molecular formula is C20H28N2O2. The second kappa shape index (κ2) is 7.92. The van der Waals surface area contributed by atoms with Gasteiger partial charge in [0.2, 0.25) is 0 Å². The van der Waals surface area contributed by atoms with Crippen LogP contribution in [0.4, 0.5) is 0 Å². The van der Waals surface area contributed by atoms with Crippen LogP contribution in [0.15, 0.2) is 18.2 Å². The maximum absolute atomic E-state index is 5.74. The van der Waals surface area contributed by atoms with Crippen LogP contribution in [0.1, 0.15) is 32.3 Å². The maximum atomic E-state index is 5.74. The van der Waals surface area contributed by atoms with Gasteiger partial charge in [0.05, 0.1) is 6.61 Å². The minimum atomic E-state index is 0.264. The highest BCUT2D eigenvalue weighted by Gasteiger charge is 2.34. The first-order valence-corrected chi connectivity index (χ1v) is 9.01. The molecule has 0 aromatic heterocycles. The minimum Gasteiger partial charge on any atom is -0.490 e. The van der Waals surface area contributed by atoms with Crippen LogP contribution in [0.2, 0.25) is 0 Å². The first-order chi connectivity index (χ1) is 11.7. The highest BCUT2D eigenvalue weighted by molar-refractivity contribution is 5.43. The Morgan fingerprint density at radius 3 is 2.92 bits per heavy atom. The molecule has 4 heteroatoms. The van der Waals surface area contributed by atoms with Crippen LogP contribution in [0, 0.1) is 12.3 Å². The molecule has 2 fully saturated rings. The van der Waals surface area contributed by atoms with Crippen molar-refractivity contribution in [3.63, 3.8) is 0 Å². The first kappa shape index (κ1) is 17.1. The smallest absolute Gasteiger partial charge is 0.162 e. The lowest BCUT2D eigenvalue weighted by Gasteiger charge is -2.42. The Morgan fingerprint density at radius 2 is 2.12 bits per heavy atom. The molecule has 0 amide bonds. The van der Waals surface area contributed by atoms with E-state index in [2.05, 4.69) is 34.8 Å². The Labute approximate surface area is 145 Å². The molecule has 0 saturated carbocycles. The minimum absolute atomic E-state index is 0.264. The van der Waals surface area contributed by atoms with Crippen molar-refractivity contribution in [2.24, 2.45) is 0 Å². The Morgan fingerprint density at radius 1 is 1.25 bits per heavy atom. The second-order valence-corrected chi connectivity index (χ2v) is 6.78. The highest BCUT2D eigenvalue weighted by Crippen LogP contribution is 2.30. The molecule has 2 atom stereocenters. The topological polar surface area (TPSA) is 24.9 Å². The molecule has 1 aromatic carbocycles. The van der Waals surface area contributed by atoms with Crippen LogP contribution in [0.3, 0.4) is 0 Å². The summed E-state index contributed by atoms with van der Waals surface area (Å²) in [4.78, 5) is 5.25. The van der Waals surface area contributed by atoms with E-state index in [-0.39, 0.29) is 6.61 Å². The van der Waals surface area contributed by atoms with Gasteiger partial charge in [0, 0.05) is 31.7 Å². The second-order valence-electron chi connectivity index (χ2n) is 6.78. The number of hydrogen-bond donors (Lipinski definition) is 0. The fourth-order valence-electron chi connectivity index (χ4n) is 3.86. The average molecular weight is 328 g/mol. The molecule has 2 aliphatic heterocycles. The van der Waals surface area contributed by atoms with E-state index < -0.39 is 0 Å². The molecule has 0 spiro atoms. The lowest BCUT2D eigenvalue weighted by atomic mass is 10.1. The normalized spacial score (nSPS) is 24.4. The van der Waals surface area contributed by atoms with Crippen LogP contribution < -0.4 is 9.47 Å². The van der Waals surface area contributed by atoms with E-state index in [9.17, 15) is 0 Å². The first-order valence-electron chi connectivity index (χ1n) is 9.01. The number of ether oxygens (including phenoxy) is 2. The van der Waals surface area contributed by atoms with Crippen molar-refractivity contribution < 1.29 is 9.47 Å². The molecule has 0 aliphatic carbocycles. The number of terminal acetylenes is 1. The molecule has 3 rings (SSSR count). The number of benzene rings is 1. The monoisotopic (exact) mass is 328 g/mol. The number of rotatable bonds is 6. The van der Waals surface area contributed by atoms with Crippen molar-refractivity contribution >= 4 is 0 Å². The molecule has 2 saturated heterocycles. The molecule has 2 heterocycles. The Bertz CT molecular complexity index is 596. The Hall–Kier alpha value is -1.70. The van der Waals surface area contributed by atoms with Crippen LogP contribution in [-0.2, 0) is 6.54 Å². The van der Waals surface area contributed by atoms with Gasteiger partial charge in [-0.15, -0.1) is 6.42 Å². The molecule has 0 radical (unpaired) electrons. The van der Waals surface area contributed by atoms with Gasteiger partial charge in [-0.25, -0.2) is 0 Å². The van der Waals surface area contributed by atoms with Crippen LogP contribution in [0.5, 0.6) is 11.5 Å². The summed E-state index contributed by atoms with van der Waals surface area (Å²) in [5.74, 6) is 4.02. The molecule has 2 aliphatic rings. The summed E-state index contributed by atoms with van der Waals surface area (Å²) in [7, 11) is 0. The van der Waals surface area contributed by atoms with Gasteiger partial charge < -0.3 is 9.47 Å². The molecule has 0 bridgehead atoms. The van der Waals surface area contributed by atoms with Gasteiger partial charge in [-0.05, 0) is 50.9 Å². The maximum Gasteiger partial charge on any atom is 0.162 e. The van der Waals surface area contributed by atoms with Crippen molar-refractivity contribution in [3.05, 3.63) is 23.8 Å². The van der Waals surface area contributed by atoms with Crippen molar-refractivity contribution in [3.8, 4) is 23.8 Å². The molecule has 0 unspecified atom stereocenters. The van der Waals surface area contributed by atoms with E-state index in [0.717, 1.165) is 24.1 Å². The molecule has 24 heavy (non-hydrogen) atoms. The zero-order valence-corrected chi connectivity index (χ0v) is 14.8. The van der Waals surface area contributed by atoms with Gasteiger partial charge in [-0.3, -0.25) is 9.80 Å². The Balaban J connectivity index is 1.70. The van der Waals surface area contributed by atoms with E-state index in [1.54, 1.807) is 0 Å². The van der Waals surface area contributed by atoms with Gasteiger partial charge in [-0.2, -0.15) is 0 Å². The SMILES string of the molecule is C#CCOc1ccc(CN2C[C@H]3CCCN3C[C@H]2C)cc1OCC. The number of nitrogens with zero attached hydrogens (tertiary/aromatic N) is 2. The van der Waals surface area contributed by atoms with Crippen molar-refractivity contribution in [2.75, 3.05) is 32.8 Å². The predicted molar refractivity (Wildman–Crippen MR) is 96.4 cm³/mol. The summed E-state index contributed by atoms with van der Waals surface area (Å²) in [6.45, 7) is 9.79. The third-order valence-electron chi connectivity index (χ3n) is 5.07. The zero-order chi connectivity index (χ0) is 16.9. The fraction of sp³-hybridized carbons (Fsp3) is 0.600. The van der Waals surface area contributed by atoms with Crippen LogP contribution >= 0.6 is 0 Å². The zero-order valence-electron chi connectivity index (χ0n) is 14.8. The summed E-state index contributed by atoms with van der Waals surface area (Å²) >= 11 is 0. The summed E-state index contributed by atoms with van der Waals surface area (Å²) in [6.07, 6.45) is 7.97. The third kappa shape index (κ3) is 3.85. The van der Waals surface area contributed by atoms with Gasteiger partial charge in [0.25, 0.3) is 0 Å². The summed E-state index contributed by atoms with van der Waals surface area (Å²) in [6, 6.07) is 7.54. The van der Waals surface area contributed by atoms with E-state index in [1.807, 2.05) is 13.0 Å². The van der Waals surface area contributed by atoms with Gasteiger partial charge in [0.15, 0.2) is 11.5 Å². The van der Waals surface area contributed by atoms with Crippen molar-refractivity contribution in [2.45, 2.75) is 45.3 Å². The predicted octanol–water partition coefficient (Wildman–Crippen LogP) is 2.77. The van der Waals surface area contributed by atoms with E-state index in [4.69, 9.17) is 15.9 Å². The number of piperazine rings is 1. The van der Waals surface area contributed by atoms with E-state index in [1.165, 1.54) is 38.0 Å². The van der Waals surface area contributed by atoms with E-state index >= 15 is 0 Å². The van der Waals surface area contributed by atoms with Gasteiger partial charge in [-0.1, -0.05) is 12.0 Å². The van der Waals surface area contributed by atoms with Gasteiger partial charge in [0.1, 0.15) is 6.61 Å². The lowest BCUT2D eigenvalue weighted by Crippen LogP contribution is -2.54. The van der Waals surface area contributed by atoms with Crippen molar-refractivity contribution in [1.82, 2.24) is 9.80 Å². The van der Waals surface area contributed by atoms with Crippen molar-refractivity contribution in [1.29, 1.82) is 0 Å². The average Bonchev–Trinajstić information content (AvgIpc) is 3.02. The molecule has 0 N–H and O–H groups in total. The summed E-state index contributed by atoms with van der Waals surface area (Å²) in [5.41, 5.74) is 1.27. The largest absolute Gasteiger partial charge is 0.490 e. The van der Waals surface area contributed by atoms with Gasteiger partial charge >= 0.3 is 0 Å². The molecule has 4 nitrogen and oxygen atoms in total. The van der Waals surface area contributed by atoms with E-state index in [0.29, 0.717) is 12.6 Å². The number of hydrogen-bond acceptors (Lipinski definition) is 4.